The molecule has 6 heteroatoms. The van der Waals surface area contributed by atoms with Crippen LogP contribution in [0.4, 0.5) is 0 Å². The Morgan fingerprint density at radius 2 is 1.67 bits per heavy atom. The number of methoxy groups -OCH3 is 1. The van der Waals surface area contributed by atoms with E-state index in [0.29, 0.717) is 5.92 Å². The van der Waals surface area contributed by atoms with Crippen LogP contribution >= 0.6 is 24.8 Å². The van der Waals surface area contributed by atoms with Gasteiger partial charge < -0.3 is 15.0 Å². The predicted molar refractivity (Wildman–Crippen MR) is 139 cm³/mol. The Morgan fingerprint density at radius 1 is 0.970 bits per heavy atom. The molecule has 0 amide bonds. The third kappa shape index (κ3) is 5.04. The van der Waals surface area contributed by atoms with E-state index in [2.05, 4.69) is 82.1 Å². The molecule has 0 spiro atoms. The van der Waals surface area contributed by atoms with Crippen molar-refractivity contribution in [3.05, 3.63) is 95.8 Å². The Morgan fingerprint density at radius 3 is 2.30 bits per heavy atom. The van der Waals surface area contributed by atoms with Crippen LogP contribution in [0.15, 0.2) is 79.1 Å². The molecule has 0 radical (unpaired) electrons. The van der Waals surface area contributed by atoms with Crippen molar-refractivity contribution in [1.29, 1.82) is 0 Å². The number of para-hydroxylation sites is 1. The highest BCUT2D eigenvalue weighted by molar-refractivity contribution is 5.85. The zero-order valence-electron chi connectivity index (χ0n) is 19.0. The maximum atomic E-state index is 5.65. The molecule has 2 unspecified atom stereocenters. The van der Waals surface area contributed by atoms with Crippen molar-refractivity contribution >= 4 is 24.8 Å². The van der Waals surface area contributed by atoms with Crippen LogP contribution in [0, 0.1) is 5.92 Å². The van der Waals surface area contributed by atoms with Crippen LogP contribution in [0.3, 0.4) is 0 Å². The number of fused-ring (bicyclic) bond motifs is 3. The Balaban J connectivity index is 0.00000153. The molecular formula is C27H33Cl2N3O. The number of ether oxygens (including phenoxy) is 1. The van der Waals surface area contributed by atoms with Crippen LogP contribution in [-0.4, -0.2) is 42.2 Å². The Labute approximate surface area is 209 Å². The fourth-order valence-corrected chi connectivity index (χ4v) is 5.82. The number of pyridine rings is 1. The standard InChI is InChI=1S/C27H31N3O.2ClH/c1-31-25-12-6-5-10-22(25)19-29-27(20-30-16-13-24(27)14-17-30)26(21-8-3-2-4-9-21)23-11-7-15-28-18-23;;/h2-12,15,18,24,26,29H,13-14,16-17,19-20H2,1H3;2*1H. The smallest absolute Gasteiger partial charge is 0.123 e. The molecule has 1 N–H and O–H groups in total. The lowest BCUT2D eigenvalue weighted by Gasteiger charge is -2.57. The lowest BCUT2D eigenvalue weighted by molar-refractivity contribution is -0.00482. The largest absolute Gasteiger partial charge is 0.496 e. The van der Waals surface area contributed by atoms with E-state index in [1.54, 1.807) is 7.11 Å². The summed E-state index contributed by atoms with van der Waals surface area (Å²) in [6, 6.07) is 23.7. The van der Waals surface area contributed by atoms with Crippen LogP contribution < -0.4 is 10.1 Å². The predicted octanol–water partition coefficient (Wildman–Crippen LogP) is 5.32. The van der Waals surface area contributed by atoms with E-state index in [9.17, 15) is 0 Å². The van der Waals surface area contributed by atoms with Gasteiger partial charge in [0.25, 0.3) is 0 Å². The van der Waals surface area contributed by atoms with E-state index >= 15 is 0 Å². The molecule has 3 fully saturated rings. The molecule has 0 aliphatic carbocycles. The Hall–Kier alpha value is -2.11. The highest BCUT2D eigenvalue weighted by atomic mass is 35.5. The fourth-order valence-electron chi connectivity index (χ4n) is 5.82. The van der Waals surface area contributed by atoms with E-state index in [0.717, 1.165) is 18.8 Å². The third-order valence-electron chi connectivity index (χ3n) is 7.27. The maximum Gasteiger partial charge on any atom is 0.123 e. The van der Waals surface area contributed by atoms with Gasteiger partial charge in [-0.15, -0.1) is 24.8 Å². The maximum absolute atomic E-state index is 5.65. The van der Waals surface area contributed by atoms with Gasteiger partial charge in [0.2, 0.25) is 0 Å². The number of hydrogen-bond acceptors (Lipinski definition) is 4. The van der Waals surface area contributed by atoms with E-state index in [1.807, 2.05) is 12.3 Å². The van der Waals surface area contributed by atoms with Crippen LogP contribution in [0.5, 0.6) is 5.75 Å². The van der Waals surface area contributed by atoms with Crippen LogP contribution in [-0.2, 0) is 6.54 Å². The van der Waals surface area contributed by atoms with E-state index in [-0.39, 0.29) is 36.3 Å². The topological polar surface area (TPSA) is 37.4 Å². The zero-order valence-corrected chi connectivity index (χ0v) is 20.7. The summed E-state index contributed by atoms with van der Waals surface area (Å²) in [4.78, 5) is 7.14. The molecule has 2 bridgehead atoms. The van der Waals surface area contributed by atoms with Crippen molar-refractivity contribution in [3.8, 4) is 5.75 Å². The number of nitrogens with one attached hydrogen (secondary N) is 1. The van der Waals surface area contributed by atoms with Crippen molar-refractivity contribution in [2.75, 3.05) is 26.7 Å². The molecule has 4 nitrogen and oxygen atoms in total. The van der Waals surface area contributed by atoms with Gasteiger partial charge in [-0.05, 0) is 55.1 Å². The van der Waals surface area contributed by atoms with Crippen molar-refractivity contribution in [1.82, 2.24) is 15.2 Å². The summed E-state index contributed by atoms with van der Waals surface area (Å²) in [7, 11) is 1.76. The molecule has 6 rings (SSSR count). The molecule has 3 aliphatic rings. The molecule has 1 aromatic heterocycles. The zero-order chi connectivity index (χ0) is 21.1. The molecular weight excluding hydrogens is 453 g/mol. The molecule has 33 heavy (non-hydrogen) atoms. The van der Waals surface area contributed by atoms with Crippen LogP contribution in [0.1, 0.15) is 35.4 Å². The third-order valence-corrected chi connectivity index (χ3v) is 7.27. The van der Waals surface area contributed by atoms with Crippen molar-refractivity contribution in [2.45, 2.75) is 30.8 Å². The molecule has 2 atom stereocenters. The van der Waals surface area contributed by atoms with Crippen molar-refractivity contribution < 1.29 is 4.74 Å². The lowest BCUT2D eigenvalue weighted by atomic mass is 9.62. The van der Waals surface area contributed by atoms with Gasteiger partial charge >= 0.3 is 0 Å². The van der Waals surface area contributed by atoms with Gasteiger partial charge in [0.1, 0.15) is 5.75 Å². The van der Waals surface area contributed by atoms with Crippen LogP contribution in [0.25, 0.3) is 0 Å². The second kappa shape index (κ2) is 11.3. The number of rotatable bonds is 7. The first-order valence-corrected chi connectivity index (χ1v) is 11.3. The van der Waals surface area contributed by atoms with Crippen LogP contribution in [0.2, 0.25) is 0 Å². The fraction of sp³-hybridized carbons (Fsp3) is 0.370. The summed E-state index contributed by atoms with van der Waals surface area (Å²) >= 11 is 0. The molecule has 0 saturated carbocycles. The number of hydrogen-bond donors (Lipinski definition) is 1. The quantitative estimate of drug-likeness (QED) is 0.491. The second-order valence-corrected chi connectivity index (χ2v) is 8.89. The minimum absolute atomic E-state index is 0. The van der Waals surface area contributed by atoms with Gasteiger partial charge in [-0.3, -0.25) is 4.98 Å². The number of nitrogens with zero attached hydrogens (tertiary/aromatic N) is 2. The van der Waals surface area contributed by atoms with Gasteiger partial charge in [0.15, 0.2) is 0 Å². The average Bonchev–Trinajstić information content (AvgIpc) is 2.85. The summed E-state index contributed by atoms with van der Waals surface area (Å²) in [5.41, 5.74) is 3.80. The van der Waals surface area contributed by atoms with Gasteiger partial charge in [-0.2, -0.15) is 0 Å². The van der Waals surface area contributed by atoms with E-state index in [1.165, 1.54) is 42.6 Å². The summed E-state index contributed by atoms with van der Waals surface area (Å²) in [6.45, 7) is 4.26. The van der Waals surface area contributed by atoms with Gasteiger partial charge in [-0.25, -0.2) is 0 Å². The number of aromatic nitrogens is 1. The van der Waals surface area contributed by atoms with Gasteiger partial charge in [0, 0.05) is 42.5 Å². The first kappa shape index (κ1) is 25.5. The molecule has 176 valence electrons. The normalized spacial score (nSPS) is 24.3. The molecule has 4 heterocycles. The second-order valence-electron chi connectivity index (χ2n) is 8.89. The molecule has 3 aliphatic heterocycles. The van der Waals surface area contributed by atoms with Crippen molar-refractivity contribution in [2.24, 2.45) is 5.92 Å². The molecule has 3 saturated heterocycles. The first-order valence-electron chi connectivity index (χ1n) is 11.3. The molecule has 2 aromatic carbocycles. The van der Waals surface area contributed by atoms with Gasteiger partial charge in [0.05, 0.1) is 7.11 Å². The van der Waals surface area contributed by atoms with Gasteiger partial charge in [-0.1, -0.05) is 54.6 Å². The monoisotopic (exact) mass is 485 g/mol. The van der Waals surface area contributed by atoms with Crippen molar-refractivity contribution in [3.63, 3.8) is 0 Å². The highest BCUT2D eigenvalue weighted by Gasteiger charge is 2.52. The first-order chi connectivity index (χ1) is 15.3. The highest BCUT2D eigenvalue weighted by Crippen LogP contribution is 2.47. The minimum atomic E-state index is -0.0538. The summed E-state index contributed by atoms with van der Waals surface area (Å²) in [5, 5.41) is 4.11. The Kier molecular flexibility index (Phi) is 8.77. The minimum Gasteiger partial charge on any atom is -0.496 e. The summed E-state index contributed by atoms with van der Waals surface area (Å²) < 4.78 is 5.65. The number of benzene rings is 2. The SMILES string of the molecule is COc1ccccc1CNC1(C(c2ccccc2)c2cccnc2)CN2CCC1CC2.Cl.Cl. The lowest BCUT2D eigenvalue weighted by Crippen LogP contribution is -2.68. The average molecular weight is 486 g/mol. The number of halogens is 2. The summed E-state index contributed by atoms with van der Waals surface area (Å²) in [5.74, 6) is 1.81. The molecule has 3 aromatic rings. The Bertz CT molecular complexity index is 957. The summed E-state index contributed by atoms with van der Waals surface area (Å²) in [6.07, 6.45) is 6.41. The van der Waals surface area contributed by atoms with E-state index in [4.69, 9.17) is 4.74 Å². The number of piperidine rings is 3. The van der Waals surface area contributed by atoms with E-state index < -0.39 is 0 Å².